The van der Waals surface area contributed by atoms with Crippen LogP contribution in [0.1, 0.15) is 290 Å². The van der Waals surface area contributed by atoms with Gasteiger partial charge in [0.1, 0.15) is 0 Å². The predicted octanol–water partition coefficient (Wildman–Crippen LogP) is 18.9. The van der Waals surface area contributed by atoms with Gasteiger partial charge in [-0.25, -0.2) is 0 Å². The van der Waals surface area contributed by atoms with Gasteiger partial charge in [0, 0.05) is 0 Å². The molecule has 0 saturated carbocycles. The molecule has 0 radical (unpaired) electrons. The highest BCUT2D eigenvalue weighted by Crippen LogP contribution is 2.18. The fourth-order valence-corrected chi connectivity index (χ4v) is 9.66. The summed E-state index contributed by atoms with van der Waals surface area (Å²) in [5, 5.41) is 0. The molecule has 0 aliphatic heterocycles. The largest absolute Gasteiger partial charge is 0.328 e. The van der Waals surface area contributed by atoms with Crippen molar-refractivity contribution in [3.05, 3.63) is 30.3 Å². The maximum Gasteiger partial charge on any atom is 0.296 e. The molecule has 0 aliphatic carbocycles. The summed E-state index contributed by atoms with van der Waals surface area (Å²) >= 11 is 0. The lowest BCUT2D eigenvalue weighted by molar-refractivity contribution is -0.890. The molecule has 0 fully saturated rings. The predicted molar refractivity (Wildman–Crippen MR) is 272 cm³/mol. The number of unbranched alkanes of at least 4 members (excludes halogenated alkanes) is 39. The van der Waals surface area contributed by atoms with Gasteiger partial charge in [0.2, 0.25) is 0 Å². The lowest BCUT2D eigenvalue weighted by Gasteiger charge is -2.30. The van der Waals surface area contributed by atoms with Gasteiger partial charge in [-0.1, -0.05) is 277 Å². The molecule has 0 aromatic heterocycles. The molecule has 0 saturated heterocycles. The second-order valence-electron chi connectivity index (χ2n) is 19.8. The number of quaternary nitrogens is 1. The van der Waals surface area contributed by atoms with Crippen LogP contribution in [0.15, 0.2) is 35.2 Å². The van der Waals surface area contributed by atoms with Crippen molar-refractivity contribution < 1.29 is 17.1 Å². The van der Waals surface area contributed by atoms with Gasteiger partial charge in [-0.3, -0.25) is 4.18 Å². The Morgan fingerprint density at radius 3 is 0.836 bits per heavy atom. The second-order valence-corrected chi connectivity index (χ2v) is 21.4. The Labute approximate surface area is 385 Å². The Hall–Kier alpha value is -0.910. The van der Waals surface area contributed by atoms with E-state index in [-0.39, 0.29) is 11.5 Å². The Balaban J connectivity index is 0.00000137. The quantitative estimate of drug-likeness (QED) is 0.0372. The van der Waals surface area contributed by atoms with E-state index in [1.807, 2.05) is 0 Å². The number of hydrogen-bond acceptors (Lipinski definition) is 3. The van der Waals surface area contributed by atoms with E-state index in [1.165, 1.54) is 274 Å². The molecular formula is C56H110NO3S+. The topological polar surface area (TPSA) is 43.4 Å². The van der Waals surface area contributed by atoms with E-state index >= 15 is 0 Å². The lowest BCUT2D eigenvalue weighted by Crippen LogP contribution is -2.41. The molecule has 1 rings (SSSR count). The SMILES string of the molecule is CCCCCCCCCCCCCCCCCC[N+](C)(C)CCCCCCCCCCCCCCCCCC.CCCCCCCCCCCCOS(=O)(=O)c1ccccc1. The van der Waals surface area contributed by atoms with Crippen LogP contribution < -0.4 is 0 Å². The smallest absolute Gasteiger partial charge is 0.296 e. The van der Waals surface area contributed by atoms with E-state index in [2.05, 4.69) is 34.9 Å². The monoisotopic (exact) mass is 877 g/mol. The number of nitrogens with zero attached hydrogens (tertiary/aromatic N) is 1. The summed E-state index contributed by atoms with van der Waals surface area (Å²) in [6.07, 6.45) is 59.2. The molecule has 0 aliphatic rings. The molecule has 0 unspecified atom stereocenters. The second kappa shape index (κ2) is 47.1. The highest BCUT2D eigenvalue weighted by Gasteiger charge is 2.14. The minimum absolute atomic E-state index is 0.238. The summed E-state index contributed by atoms with van der Waals surface area (Å²) in [7, 11) is 1.37. The maximum atomic E-state index is 11.9. The first-order valence-corrected chi connectivity index (χ1v) is 29.0. The first-order chi connectivity index (χ1) is 29.8. The highest BCUT2D eigenvalue weighted by atomic mass is 32.2. The fraction of sp³-hybridized carbons (Fsp3) is 0.893. The highest BCUT2D eigenvalue weighted by molar-refractivity contribution is 7.86. The standard InChI is InChI=1S/C38H80N.C18H30O3S/c1-5-7-9-11-13-15-17-19-21-23-25-27-29-31-33-35-37-39(3,4)38-36-34-32-30-28-26-24-22-20-18-16-14-12-10-8-6-2;1-2-3-4-5-6-7-8-9-10-14-17-21-22(19,20)18-15-12-11-13-16-18/h5-38H2,1-4H3;11-13,15-16H,2-10,14,17H2,1H3/q+1;. The maximum absolute atomic E-state index is 11.9. The van der Waals surface area contributed by atoms with Gasteiger partial charge in [0.25, 0.3) is 10.1 Å². The molecule has 0 amide bonds. The number of hydrogen-bond donors (Lipinski definition) is 0. The van der Waals surface area contributed by atoms with Gasteiger partial charge in [-0.2, -0.15) is 8.42 Å². The van der Waals surface area contributed by atoms with Crippen LogP contribution in [0, 0.1) is 0 Å². The average Bonchev–Trinajstić information content (AvgIpc) is 3.25. The van der Waals surface area contributed by atoms with Gasteiger partial charge in [0.05, 0.1) is 38.7 Å². The third kappa shape index (κ3) is 45.5. The minimum Gasteiger partial charge on any atom is -0.328 e. The van der Waals surface area contributed by atoms with E-state index in [0.29, 0.717) is 0 Å². The van der Waals surface area contributed by atoms with E-state index in [0.717, 1.165) is 12.8 Å². The van der Waals surface area contributed by atoms with Crippen LogP contribution in [-0.2, 0) is 14.3 Å². The molecule has 61 heavy (non-hydrogen) atoms. The normalized spacial score (nSPS) is 11.9. The summed E-state index contributed by atoms with van der Waals surface area (Å²) in [5.74, 6) is 0. The van der Waals surface area contributed by atoms with Crippen LogP contribution in [0.4, 0.5) is 0 Å². The molecular weight excluding hydrogens is 767 g/mol. The van der Waals surface area contributed by atoms with Crippen molar-refractivity contribution in [2.45, 2.75) is 295 Å². The molecule has 5 heteroatoms. The Kier molecular flexibility index (Phi) is 46.4. The minimum atomic E-state index is -3.57. The van der Waals surface area contributed by atoms with Crippen LogP contribution >= 0.6 is 0 Å². The van der Waals surface area contributed by atoms with E-state index in [9.17, 15) is 8.42 Å². The van der Waals surface area contributed by atoms with E-state index in [4.69, 9.17) is 4.18 Å². The van der Waals surface area contributed by atoms with E-state index < -0.39 is 10.1 Å². The summed E-state index contributed by atoms with van der Waals surface area (Å²) in [6, 6.07) is 8.33. The van der Waals surface area contributed by atoms with Crippen molar-refractivity contribution in [1.29, 1.82) is 0 Å². The molecule has 0 atom stereocenters. The fourth-order valence-electron chi connectivity index (χ4n) is 8.70. The first-order valence-electron chi connectivity index (χ1n) is 27.6. The van der Waals surface area contributed by atoms with Crippen molar-refractivity contribution in [2.24, 2.45) is 0 Å². The van der Waals surface area contributed by atoms with Crippen LogP contribution in [0.2, 0.25) is 0 Å². The molecule has 0 spiro atoms. The summed E-state index contributed by atoms with van der Waals surface area (Å²) in [4.78, 5) is 0.238. The molecule has 0 bridgehead atoms. The van der Waals surface area contributed by atoms with Crippen LogP contribution in [0.5, 0.6) is 0 Å². The van der Waals surface area contributed by atoms with Crippen LogP contribution in [0.3, 0.4) is 0 Å². The zero-order chi connectivity index (χ0) is 44.6. The molecule has 4 nitrogen and oxygen atoms in total. The molecule has 0 heterocycles. The zero-order valence-electron chi connectivity index (χ0n) is 42.3. The van der Waals surface area contributed by atoms with Gasteiger partial charge in [-0.15, -0.1) is 0 Å². The van der Waals surface area contributed by atoms with Crippen molar-refractivity contribution in [1.82, 2.24) is 0 Å². The molecule has 1 aromatic rings. The Bertz CT molecular complexity index is 1040. The third-order valence-corrected chi connectivity index (χ3v) is 14.3. The van der Waals surface area contributed by atoms with Crippen LogP contribution in [-0.4, -0.2) is 46.7 Å². The first kappa shape index (κ1) is 60.1. The Morgan fingerprint density at radius 1 is 0.344 bits per heavy atom. The summed E-state index contributed by atoms with van der Waals surface area (Å²) < 4.78 is 30.0. The Morgan fingerprint density at radius 2 is 0.574 bits per heavy atom. The third-order valence-electron chi connectivity index (χ3n) is 13.0. The van der Waals surface area contributed by atoms with E-state index in [1.54, 1.807) is 30.3 Å². The molecule has 362 valence electrons. The molecule has 1 aromatic carbocycles. The van der Waals surface area contributed by atoms with Crippen LogP contribution in [0.25, 0.3) is 0 Å². The zero-order valence-corrected chi connectivity index (χ0v) is 43.1. The van der Waals surface area contributed by atoms with Gasteiger partial charge in [-0.05, 0) is 44.2 Å². The number of benzene rings is 1. The summed E-state index contributed by atoms with van der Waals surface area (Å²) in [5.41, 5.74) is 0. The van der Waals surface area contributed by atoms with Gasteiger partial charge in [0.15, 0.2) is 0 Å². The van der Waals surface area contributed by atoms with Gasteiger partial charge >= 0.3 is 0 Å². The number of rotatable bonds is 47. The van der Waals surface area contributed by atoms with Crippen molar-refractivity contribution in [2.75, 3.05) is 33.8 Å². The molecule has 0 N–H and O–H groups in total. The van der Waals surface area contributed by atoms with Crippen molar-refractivity contribution in [3.63, 3.8) is 0 Å². The lowest BCUT2D eigenvalue weighted by atomic mass is 10.0. The van der Waals surface area contributed by atoms with Gasteiger partial charge < -0.3 is 4.48 Å². The average molecular weight is 878 g/mol. The summed E-state index contributed by atoms with van der Waals surface area (Å²) in [6.45, 7) is 9.91. The van der Waals surface area contributed by atoms with Crippen molar-refractivity contribution in [3.8, 4) is 0 Å². The van der Waals surface area contributed by atoms with Crippen molar-refractivity contribution >= 4 is 10.1 Å².